The van der Waals surface area contributed by atoms with E-state index in [4.69, 9.17) is 5.73 Å². The van der Waals surface area contributed by atoms with Crippen molar-refractivity contribution in [3.8, 4) is 0 Å². The van der Waals surface area contributed by atoms with E-state index in [1.54, 1.807) is 0 Å². The zero-order valence-corrected chi connectivity index (χ0v) is 13.1. The fourth-order valence-corrected chi connectivity index (χ4v) is 3.33. The van der Waals surface area contributed by atoms with E-state index in [0.717, 1.165) is 49.4 Å². The summed E-state index contributed by atoms with van der Waals surface area (Å²) in [6.07, 6.45) is 2.07. The third kappa shape index (κ3) is 2.75. The van der Waals surface area contributed by atoms with E-state index in [1.807, 2.05) is 17.9 Å². The Morgan fingerprint density at radius 2 is 1.95 bits per heavy atom. The first-order valence-electron chi connectivity index (χ1n) is 7.63. The zero-order chi connectivity index (χ0) is 14.9. The van der Waals surface area contributed by atoms with Gasteiger partial charge in [0.15, 0.2) is 0 Å². The second-order valence-electron chi connectivity index (χ2n) is 6.22. The van der Waals surface area contributed by atoms with Crippen LogP contribution < -0.4 is 5.73 Å². The van der Waals surface area contributed by atoms with Crippen molar-refractivity contribution >= 4 is 5.91 Å². The summed E-state index contributed by atoms with van der Waals surface area (Å²) in [6.45, 7) is 10.8. The molecule has 112 valence electrons. The predicted octanol–water partition coefficient (Wildman–Crippen LogP) is 2.50. The van der Waals surface area contributed by atoms with Crippen LogP contribution in [0.2, 0.25) is 0 Å². The van der Waals surface area contributed by atoms with Crippen LogP contribution in [-0.2, 0) is 0 Å². The summed E-state index contributed by atoms with van der Waals surface area (Å²) in [5, 5.41) is 0. The van der Waals surface area contributed by atoms with E-state index in [9.17, 15) is 4.79 Å². The van der Waals surface area contributed by atoms with E-state index in [0.29, 0.717) is 12.0 Å². The number of hydrogen-bond acceptors (Lipinski definition) is 2. The summed E-state index contributed by atoms with van der Waals surface area (Å²) in [6, 6.07) is 2.42. The van der Waals surface area contributed by atoms with Gasteiger partial charge in [-0.15, -0.1) is 0 Å². The lowest BCUT2D eigenvalue weighted by atomic mass is 9.96. The molecular formula is C16H27N3O. The van der Waals surface area contributed by atoms with Crippen molar-refractivity contribution in [1.29, 1.82) is 0 Å². The highest BCUT2D eigenvalue weighted by atomic mass is 16.2. The lowest BCUT2D eigenvalue weighted by Crippen LogP contribution is -2.40. The van der Waals surface area contributed by atoms with Crippen molar-refractivity contribution in [2.45, 2.75) is 46.6 Å². The molecule has 2 heterocycles. The van der Waals surface area contributed by atoms with Gasteiger partial charge in [0.2, 0.25) is 0 Å². The van der Waals surface area contributed by atoms with Crippen molar-refractivity contribution in [1.82, 2.24) is 9.47 Å². The van der Waals surface area contributed by atoms with Crippen LogP contribution in [0.15, 0.2) is 6.07 Å². The Morgan fingerprint density at radius 3 is 2.40 bits per heavy atom. The summed E-state index contributed by atoms with van der Waals surface area (Å²) in [5.74, 6) is 0.766. The average molecular weight is 277 g/mol. The SMILES string of the molecule is Cc1cc(C(=O)N2CCC(CN)CC2)c(C)n1C(C)C. The molecule has 4 nitrogen and oxygen atoms in total. The topological polar surface area (TPSA) is 51.3 Å². The van der Waals surface area contributed by atoms with E-state index in [1.165, 1.54) is 0 Å². The highest BCUT2D eigenvalue weighted by Crippen LogP contribution is 2.24. The van der Waals surface area contributed by atoms with E-state index < -0.39 is 0 Å². The maximum atomic E-state index is 12.7. The Kier molecular flexibility index (Phi) is 4.53. The fraction of sp³-hybridized carbons (Fsp3) is 0.688. The van der Waals surface area contributed by atoms with Gasteiger partial charge in [0.25, 0.3) is 5.91 Å². The molecule has 1 fully saturated rings. The lowest BCUT2D eigenvalue weighted by Gasteiger charge is -2.31. The third-order valence-electron chi connectivity index (χ3n) is 4.47. The van der Waals surface area contributed by atoms with Crippen molar-refractivity contribution in [3.63, 3.8) is 0 Å². The molecule has 20 heavy (non-hydrogen) atoms. The van der Waals surface area contributed by atoms with E-state index in [2.05, 4.69) is 25.3 Å². The number of carbonyl (C=O) groups excluding carboxylic acids is 1. The van der Waals surface area contributed by atoms with Crippen LogP contribution in [0, 0.1) is 19.8 Å². The number of piperidine rings is 1. The summed E-state index contributed by atoms with van der Waals surface area (Å²) < 4.78 is 2.24. The van der Waals surface area contributed by atoms with E-state index in [-0.39, 0.29) is 5.91 Å². The number of hydrogen-bond donors (Lipinski definition) is 1. The zero-order valence-electron chi connectivity index (χ0n) is 13.1. The first kappa shape index (κ1) is 15.1. The second-order valence-corrected chi connectivity index (χ2v) is 6.22. The van der Waals surface area contributed by atoms with Crippen molar-refractivity contribution in [2.75, 3.05) is 19.6 Å². The van der Waals surface area contributed by atoms with Crippen molar-refractivity contribution < 1.29 is 4.79 Å². The quantitative estimate of drug-likeness (QED) is 0.923. The Bertz CT molecular complexity index is 482. The van der Waals surface area contributed by atoms with Crippen LogP contribution in [0.5, 0.6) is 0 Å². The molecule has 1 aliphatic rings. The highest BCUT2D eigenvalue weighted by molar-refractivity contribution is 5.95. The van der Waals surface area contributed by atoms with Gasteiger partial charge in [-0.1, -0.05) is 0 Å². The molecule has 0 saturated carbocycles. The Morgan fingerprint density at radius 1 is 1.35 bits per heavy atom. The van der Waals surface area contributed by atoms with Gasteiger partial charge < -0.3 is 15.2 Å². The van der Waals surface area contributed by atoms with E-state index >= 15 is 0 Å². The first-order chi connectivity index (χ1) is 9.45. The molecule has 1 saturated heterocycles. The highest BCUT2D eigenvalue weighted by Gasteiger charge is 2.25. The Balaban J connectivity index is 2.16. The largest absolute Gasteiger partial charge is 0.346 e. The molecule has 0 unspecified atom stereocenters. The minimum atomic E-state index is 0.181. The number of amides is 1. The monoisotopic (exact) mass is 277 g/mol. The number of nitrogens with two attached hydrogens (primary N) is 1. The minimum absolute atomic E-state index is 0.181. The van der Waals surface area contributed by atoms with Gasteiger partial charge in [-0.3, -0.25) is 4.79 Å². The van der Waals surface area contributed by atoms with Gasteiger partial charge in [0, 0.05) is 30.5 Å². The number of aryl methyl sites for hydroxylation is 1. The van der Waals surface area contributed by atoms with Gasteiger partial charge in [-0.2, -0.15) is 0 Å². The molecule has 1 amide bonds. The Hall–Kier alpha value is -1.29. The van der Waals surface area contributed by atoms with Crippen LogP contribution >= 0.6 is 0 Å². The standard InChI is InChI=1S/C16H27N3O/c1-11(2)19-12(3)9-15(13(19)4)16(20)18-7-5-14(10-17)6-8-18/h9,11,14H,5-8,10,17H2,1-4H3. The van der Waals surface area contributed by atoms with Crippen LogP contribution in [0.4, 0.5) is 0 Å². The molecule has 0 radical (unpaired) electrons. The maximum Gasteiger partial charge on any atom is 0.255 e. The predicted molar refractivity (Wildman–Crippen MR) is 82.0 cm³/mol. The molecule has 0 aliphatic carbocycles. The van der Waals surface area contributed by atoms with Crippen LogP contribution in [0.3, 0.4) is 0 Å². The molecule has 0 atom stereocenters. The van der Waals surface area contributed by atoms with Crippen LogP contribution in [0.25, 0.3) is 0 Å². The first-order valence-corrected chi connectivity index (χ1v) is 7.63. The summed E-state index contributed by atoms with van der Waals surface area (Å²) in [4.78, 5) is 14.7. The van der Waals surface area contributed by atoms with Gasteiger partial charge in [-0.25, -0.2) is 0 Å². The Labute approximate surface area is 121 Å². The molecule has 1 aromatic rings. The van der Waals surface area contributed by atoms with Crippen molar-refractivity contribution in [3.05, 3.63) is 23.0 Å². The summed E-state index contributed by atoms with van der Waals surface area (Å²) >= 11 is 0. The van der Waals surface area contributed by atoms with Crippen molar-refractivity contribution in [2.24, 2.45) is 11.7 Å². The smallest absolute Gasteiger partial charge is 0.255 e. The summed E-state index contributed by atoms with van der Waals surface area (Å²) in [5.41, 5.74) is 8.82. The van der Waals surface area contributed by atoms with Gasteiger partial charge >= 0.3 is 0 Å². The molecule has 1 aliphatic heterocycles. The number of aromatic nitrogens is 1. The second kappa shape index (κ2) is 6.00. The lowest BCUT2D eigenvalue weighted by molar-refractivity contribution is 0.0692. The van der Waals surface area contributed by atoms with Gasteiger partial charge in [-0.05, 0) is 59.1 Å². The number of carbonyl (C=O) groups is 1. The fourth-order valence-electron chi connectivity index (χ4n) is 3.33. The molecule has 4 heteroatoms. The third-order valence-corrected chi connectivity index (χ3v) is 4.47. The molecule has 0 bridgehead atoms. The van der Waals surface area contributed by atoms with Gasteiger partial charge in [0.05, 0.1) is 5.56 Å². The molecule has 1 aromatic heterocycles. The molecular weight excluding hydrogens is 250 g/mol. The maximum absolute atomic E-state index is 12.7. The van der Waals surface area contributed by atoms with Gasteiger partial charge in [0.1, 0.15) is 0 Å². The molecule has 2 N–H and O–H groups in total. The molecule has 0 spiro atoms. The number of nitrogens with zero attached hydrogens (tertiary/aromatic N) is 2. The summed E-state index contributed by atoms with van der Waals surface area (Å²) in [7, 11) is 0. The number of rotatable bonds is 3. The number of likely N-dealkylation sites (tertiary alicyclic amines) is 1. The molecule has 2 rings (SSSR count). The molecule has 0 aromatic carbocycles. The van der Waals surface area contributed by atoms with Crippen LogP contribution in [-0.4, -0.2) is 35.0 Å². The average Bonchev–Trinajstić information content (AvgIpc) is 2.73. The normalized spacial score (nSPS) is 17.0. The van der Waals surface area contributed by atoms with Crippen LogP contribution in [0.1, 0.15) is 54.5 Å². The minimum Gasteiger partial charge on any atom is -0.346 e.